The molecule has 3 aromatic rings. The summed E-state index contributed by atoms with van der Waals surface area (Å²) in [6, 6.07) is 10.5. The minimum Gasteiger partial charge on any atom is -0.372 e. The van der Waals surface area contributed by atoms with E-state index in [-0.39, 0.29) is 11.4 Å². The molecule has 1 amide bonds. The third-order valence-electron chi connectivity index (χ3n) is 6.50. The second-order valence-electron chi connectivity index (χ2n) is 8.01. The molecule has 2 aliphatic heterocycles. The summed E-state index contributed by atoms with van der Waals surface area (Å²) in [5.41, 5.74) is 6.83. The summed E-state index contributed by atoms with van der Waals surface area (Å²) in [6.07, 6.45) is 5.60. The van der Waals surface area contributed by atoms with Crippen LogP contribution in [-0.4, -0.2) is 38.2 Å². The first-order valence-electron chi connectivity index (χ1n) is 9.84. The number of hydrogen-bond acceptors (Lipinski definition) is 3. The number of carbonyl (C=O) groups excluding carboxylic acids is 1. The van der Waals surface area contributed by atoms with Gasteiger partial charge in [0.05, 0.1) is 16.9 Å². The summed E-state index contributed by atoms with van der Waals surface area (Å²) >= 11 is 0. The van der Waals surface area contributed by atoms with Crippen molar-refractivity contribution in [2.24, 2.45) is 7.05 Å². The van der Waals surface area contributed by atoms with Crippen molar-refractivity contribution in [1.82, 2.24) is 19.2 Å². The van der Waals surface area contributed by atoms with Gasteiger partial charge in [-0.15, -0.1) is 0 Å². The highest BCUT2D eigenvalue weighted by Crippen LogP contribution is 2.44. The minimum absolute atomic E-state index is 0.0629. The van der Waals surface area contributed by atoms with Crippen molar-refractivity contribution in [3.05, 3.63) is 65.2 Å². The lowest BCUT2D eigenvalue weighted by Crippen LogP contribution is -2.51. The minimum atomic E-state index is -0.137. The Morgan fingerprint density at radius 3 is 2.64 bits per heavy atom. The van der Waals surface area contributed by atoms with Crippen LogP contribution in [-0.2, 0) is 12.6 Å². The van der Waals surface area contributed by atoms with Crippen LogP contribution in [0.25, 0.3) is 5.69 Å². The van der Waals surface area contributed by atoms with E-state index in [1.165, 1.54) is 28.2 Å². The smallest absolute Gasteiger partial charge is 0.272 e. The van der Waals surface area contributed by atoms with E-state index in [9.17, 15) is 4.79 Å². The van der Waals surface area contributed by atoms with E-state index >= 15 is 0 Å². The summed E-state index contributed by atoms with van der Waals surface area (Å²) in [5.74, 6) is 0.0629. The monoisotopic (exact) mass is 375 g/mol. The van der Waals surface area contributed by atoms with E-state index in [1.54, 1.807) is 16.9 Å². The van der Waals surface area contributed by atoms with Crippen molar-refractivity contribution in [2.75, 3.05) is 18.4 Å². The van der Waals surface area contributed by atoms with Crippen LogP contribution in [0.3, 0.4) is 0 Å². The summed E-state index contributed by atoms with van der Waals surface area (Å²) in [4.78, 5) is 14.8. The number of carbonyl (C=O) groups is 1. The average Bonchev–Trinajstić information content (AvgIpc) is 3.35. The zero-order valence-electron chi connectivity index (χ0n) is 16.6. The van der Waals surface area contributed by atoms with Gasteiger partial charge in [0, 0.05) is 38.2 Å². The number of piperidine rings is 1. The lowest BCUT2D eigenvalue weighted by Gasteiger charge is -2.46. The molecule has 144 valence electrons. The third kappa shape index (κ3) is 2.33. The Hall–Kier alpha value is -3.02. The number of amides is 1. The molecule has 0 bridgehead atoms. The molecule has 0 unspecified atom stereocenters. The lowest BCUT2D eigenvalue weighted by atomic mass is 9.82. The van der Waals surface area contributed by atoms with Crippen molar-refractivity contribution in [2.45, 2.75) is 32.2 Å². The molecule has 0 radical (unpaired) electrons. The number of rotatable bonds is 1. The van der Waals surface area contributed by atoms with E-state index in [2.05, 4.69) is 59.3 Å². The molecule has 1 saturated heterocycles. The molecule has 0 aliphatic carbocycles. The SMILES string of the molecule is Cc1ccc2c(c1C)-n1cccc1C1(CCN(C(=O)c3ccnn3C)CC1)N2. The molecule has 1 aromatic carbocycles. The van der Waals surface area contributed by atoms with Crippen LogP contribution in [0.15, 0.2) is 42.7 Å². The predicted molar refractivity (Wildman–Crippen MR) is 109 cm³/mol. The largest absolute Gasteiger partial charge is 0.372 e. The maximum absolute atomic E-state index is 12.9. The number of likely N-dealkylation sites (tertiary alicyclic amines) is 1. The van der Waals surface area contributed by atoms with Gasteiger partial charge in [-0.1, -0.05) is 6.07 Å². The third-order valence-corrected chi connectivity index (χ3v) is 6.50. The van der Waals surface area contributed by atoms with Gasteiger partial charge >= 0.3 is 0 Å². The van der Waals surface area contributed by atoms with Crippen molar-refractivity contribution >= 4 is 11.6 Å². The van der Waals surface area contributed by atoms with Crippen LogP contribution in [0.5, 0.6) is 0 Å². The van der Waals surface area contributed by atoms with Crippen LogP contribution in [0.2, 0.25) is 0 Å². The fourth-order valence-corrected chi connectivity index (χ4v) is 4.72. The summed E-state index contributed by atoms with van der Waals surface area (Å²) in [5, 5.41) is 7.98. The molecule has 1 N–H and O–H groups in total. The first-order valence-corrected chi connectivity index (χ1v) is 9.84. The van der Waals surface area contributed by atoms with Crippen molar-refractivity contribution in [3.63, 3.8) is 0 Å². The van der Waals surface area contributed by atoms with Gasteiger partial charge in [0.15, 0.2) is 0 Å². The Bertz CT molecular complexity index is 1070. The Kier molecular flexibility index (Phi) is 3.66. The van der Waals surface area contributed by atoms with Gasteiger partial charge in [0.1, 0.15) is 5.69 Å². The molecular weight excluding hydrogens is 350 g/mol. The molecule has 4 heterocycles. The number of anilines is 1. The fraction of sp³-hybridized carbons (Fsp3) is 0.364. The first kappa shape index (κ1) is 17.1. The normalized spacial score (nSPS) is 17.2. The van der Waals surface area contributed by atoms with E-state index in [4.69, 9.17) is 0 Å². The van der Waals surface area contributed by atoms with Gasteiger partial charge in [-0.2, -0.15) is 5.10 Å². The summed E-state index contributed by atoms with van der Waals surface area (Å²) in [6.45, 7) is 5.79. The second-order valence-corrected chi connectivity index (χ2v) is 8.01. The van der Waals surface area contributed by atoms with E-state index < -0.39 is 0 Å². The number of fused-ring (bicyclic) bond motifs is 4. The van der Waals surface area contributed by atoms with Crippen LogP contribution in [0.1, 0.15) is 40.2 Å². The topological polar surface area (TPSA) is 55.1 Å². The molecule has 5 rings (SSSR count). The molecule has 6 nitrogen and oxygen atoms in total. The van der Waals surface area contributed by atoms with Gasteiger partial charge in [0.2, 0.25) is 0 Å². The number of nitrogens with zero attached hydrogens (tertiary/aromatic N) is 4. The molecular formula is C22H25N5O. The summed E-state index contributed by atoms with van der Waals surface area (Å²) in [7, 11) is 1.81. The zero-order chi connectivity index (χ0) is 19.5. The Balaban J connectivity index is 1.46. The highest BCUT2D eigenvalue weighted by atomic mass is 16.2. The molecule has 1 fully saturated rings. The summed E-state index contributed by atoms with van der Waals surface area (Å²) < 4.78 is 3.99. The molecule has 1 spiro atoms. The second kappa shape index (κ2) is 5.99. The molecule has 0 atom stereocenters. The molecule has 6 heteroatoms. The van der Waals surface area contributed by atoms with E-state index in [1.807, 2.05) is 11.9 Å². The molecule has 28 heavy (non-hydrogen) atoms. The number of benzene rings is 1. The van der Waals surface area contributed by atoms with Crippen LogP contribution >= 0.6 is 0 Å². The quantitative estimate of drug-likeness (QED) is 0.709. The Morgan fingerprint density at radius 1 is 1.14 bits per heavy atom. The van der Waals surface area contributed by atoms with E-state index in [0.717, 1.165) is 25.9 Å². The first-order chi connectivity index (χ1) is 13.5. The fourth-order valence-electron chi connectivity index (χ4n) is 4.72. The molecule has 0 saturated carbocycles. The number of nitrogens with one attached hydrogen (secondary N) is 1. The predicted octanol–water partition coefficient (Wildman–Crippen LogP) is 3.38. The Morgan fingerprint density at radius 2 is 1.93 bits per heavy atom. The van der Waals surface area contributed by atoms with Gasteiger partial charge in [-0.3, -0.25) is 9.48 Å². The van der Waals surface area contributed by atoms with Gasteiger partial charge < -0.3 is 14.8 Å². The lowest BCUT2D eigenvalue weighted by molar-refractivity contribution is 0.0665. The maximum Gasteiger partial charge on any atom is 0.272 e. The van der Waals surface area contributed by atoms with E-state index in [0.29, 0.717) is 5.69 Å². The maximum atomic E-state index is 12.9. The van der Waals surface area contributed by atoms with Gasteiger partial charge in [-0.05, 0) is 62.1 Å². The number of aryl methyl sites for hydroxylation is 2. The van der Waals surface area contributed by atoms with Crippen molar-refractivity contribution < 1.29 is 4.79 Å². The van der Waals surface area contributed by atoms with Crippen molar-refractivity contribution in [1.29, 1.82) is 0 Å². The highest BCUT2D eigenvalue weighted by Gasteiger charge is 2.43. The van der Waals surface area contributed by atoms with Crippen molar-refractivity contribution in [3.8, 4) is 5.69 Å². The van der Waals surface area contributed by atoms with Gasteiger partial charge in [0.25, 0.3) is 5.91 Å². The van der Waals surface area contributed by atoms with Gasteiger partial charge in [-0.25, -0.2) is 0 Å². The number of hydrogen-bond donors (Lipinski definition) is 1. The number of aromatic nitrogens is 3. The molecule has 2 aliphatic rings. The standard InChI is InChI=1S/C22H25N5O/c1-15-6-7-17-20(16(15)2)27-12-4-5-19(27)22(24-17)9-13-26(14-10-22)21(28)18-8-11-23-25(18)3/h4-8,11-12,24H,9-10,13-14H2,1-3H3. The zero-order valence-corrected chi connectivity index (χ0v) is 16.6. The van der Waals surface area contributed by atoms with Crippen LogP contribution in [0, 0.1) is 13.8 Å². The average molecular weight is 375 g/mol. The molecule has 2 aromatic heterocycles. The highest BCUT2D eigenvalue weighted by molar-refractivity contribution is 5.92. The van der Waals surface area contributed by atoms with Crippen LogP contribution in [0.4, 0.5) is 5.69 Å². The Labute approximate surface area is 164 Å². The van der Waals surface area contributed by atoms with Crippen LogP contribution < -0.4 is 5.32 Å².